The average molecular weight is 454 g/mol. The molecular weight excluding hydrogens is 414 g/mol. The highest BCUT2D eigenvalue weighted by atomic mass is 16.5. The Hall–Kier alpha value is -2.43. The summed E-state index contributed by atoms with van der Waals surface area (Å²) >= 11 is 0. The number of esters is 1. The number of ether oxygens (including phenoxy) is 2. The number of aromatic nitrogens is 2. The Kier molecular flexibility index (Phi) is 17.8. The van der Waals surface area contributed by atoms with Crippen molar-refractivity contribution in [2.75, 3.05) is 71.5 Å². The van der Waals surface area contributed by atoms with Crippen molar-refractivity contribution in [3.63, 3.8) is 0 Å². The van der Waals surface area contributed by atoms with E-state index in [9.17, 15) is 4.79 Å². The molecule has 1 aromatic heterocycles. The van der Waals surface area contributed by atoms with E-state index in [0.717, 1.165) is 71.0 Å². The van der Waals surface area contributed by atoms with Crippen LogP contribution in [0, 0.1) is 5.92 Å². The second-order valence-corrected chi connectivity index (χ2v) is 7.13. The topological polar surface area (TPSA) is 114 Å². The number of anilines is 1. The molecule has 0 unspecified atom stereocenters. The van der Waals surface area contributed by atoms with Crippen LogP contribution in [-0.2, 0) is 19.1 Å². The van der Waals surface area contributed by atoms with Gasteiger partial charge in [-0.1, -0.05) is 0 Å². The predicted molar refractivity (Wildman–Crippen MR) is 124 cm³/mol. The van der Waals surface area contributed by atoms with Crippen molar-refractivity contribution in [3.05, 3.63) is 18.0 Å². The second-order valence-electron chi connectivity index (χ2n) is 7.13. The minimum Gasteiger partial charge on any atom is -0.462 e. The van der Waals surface area contributed by atoms with Crippen molar-refractivity contribution in [1.29, 1.82) is 0 Å². The first kappa shape index (κ1) is 29.6. The van der Waals surface area contributed by atoms with Crippen LogP contribution in [0.4, 0.5) is 5.95 Å². The number of hydrogen-bond donors (Lipinski definition) is 1. The van der Waals surface area contributed by atoms with Crippen molar-refractivity contribution in [1.82, 2.24) is 20.2 Å². The highest BCUT2D eigenvalue weighted by molar-refractivity contribution is 5.88. The van der Waals surface area contributed by atoms with E-state index in [1.807, 2.05) is 13.8 Å². The molecule has 32 heavy (non-hydrogen) atoms. The molecule has 0 aliphatic carbocycles. The number of nitrogens with one attached hydrogen (secondary N) is 1. The summed E-state index contributed by atoms with van der Waals surface area (Å²) < 4.78 is 10.0. The summed E-state index contributed by atoms with van der Waals surface area (Å²) in [6.45, 7) is 12.6. The van der Waals surface area contributed by atoms with Gasteiger partial charge in [0, 0.05) is 38.6 Å². The number of carbonyl (C=O) groups is 3. The zero-order valence-corrected chi connectivity index (χ0v) is 19.9. The lowest BCUT2D eigenvalue weighted by Crippen LogP contribution is -2.37. The first-order valence-corrected chi connectivity index (χ1v) is 10.9. The maximum Gasteiger partial charge on any atom is 0.341 e. The summed E-state index contributed by atoms with van der Waals surface area (Å²) in [6, 6.07) is 0. The van der Waals surface area contributed by atoms with E-state index >= 15 is 0 Å². The minimum atomic E-state index is -0.369. The molecule has 0 saturated carbocycles. The summed E-state index contributed by atoms with van der Waals surface area (Å²) in [6.07, 6.45) is 6.12. The number of likely N-dealkylation sites (N-methyl/N-ethyl adjacent to an activating group) is 1. The number of carbonyl (C=O) groups excluding carboxylic acids is 3. The van der Waals surface area contributed by atoms with E-state index < -0.39 is 0 Å². The van der Waals surface area contributed by atoms with Crippen LogP contribution in [0.3, 0.4) is 0 Å². The van der Waals surface area contributed by atoms with E-state index in [0.29, 0.717) is 18.1 Å². The Balaban J connectivity index is 0.000000661. The number of piperidine rings is 1. The summed E-state index contributed by atoms with van der Waals surface area (Å²) in [4.78, 5) is 41.3. The monoisotopic (exact) mass is 453 g/mol. The Bertz CT molecular complexity index is 603. The van der Waals surface area contributed by atoms with Crippen molar-refractivity contribution < 1.29 is 23.9 Å². The van der Waals surface area contributed by atoms with Gasteiger partial charge in [-0.25, -0.2) is 14.8 Å². The van der Waals surface area contributed by atoms with Crippen molar-refractivity contribution in [2.24, 2.45) is 5.92 Å². The van der Waals surface area contributed by atoms with Gasteiger partial charge in [-0.2, -0.15) is 0 Å². The molecule has 1 N–H and O–H groups in total. The molecule has 1 aromatic rings. The van der Waals surface area contributed by atoms with Gasteiger partial charge in [-0.3, -0.25) is 0 Å². The lowest BCUT2D eigenvalue weighted by Gasteiger charge is -2.31. The predicted octanol–water partition coefficient (Wildman–Crippen LogP) is 1.06. The molecule has 3 heterocycles. The molecule has 0 bridgehead atoms. The van der Waals surface area contributed by atoms with Gasteiger partial charge in [-0.15, -0.1) is 0 Å². The van der Waals surface area contributed by atoms with Crippen molar-refractivity contribution in [3.8, 4) is 0 Å². The Labute approximate surface area is 191 Å². The Morgan fingerprint density at radius 1 is 1.22 bits per heavy atom. The van der Waals surface area contributed by atoms with Crippen molar-refractivity contribution in [2.45, 2.75) is 26.7 Å². The van der Waals surface area contributed by atoms with Crippen LogP contribution >= 0.6 is 0 Å². The SMILES string of the molecule is C=O.CC=O.CCOC(=O)c1cnc(N2CCC(CNC)CC2)nc1.CN1CCOCC1. The molecule has 0 radical (unpaired) electrons. The largest absolute Gasteiger partial charge is 0.462 e. The van der Waals surface area contributed by atoms with Crippen LogP contribution in [0.2, 0.25) is 0 Å². The van der Waals surface area contributed by atoms with Gasteiger partial charge in [0.05, 0.1) is 25.4 Å². The van der Waals surface area contributed by atoms with Gasteiger partial charge < -0.3 is 34.2 Å². The molecule has 182 valence electrons. The van der Waals surface area contributed by atoms with Crippen LogP contribution < -0.4 is 10.2 Å². The number of morpholine rings is 1. The lowest BCUT2D eigenvalue weighted by atomic mass is 9.97. The van der Waals surface area contributed by atoms with Crippen LogP contribution in [0.1, 0.15) is 37.0 Å². The molecule has 2 saturated heterocycles. The molecule has 0 spiro atoms. The summed E-state index contributed by atoms with van der Waals surface area (Å²) in [5.74, 6) is 1.06. The second kappa shape index (κ2) is 19.3. The van der Waals surface area contributed by atoms with E-state index in [2.05, 4.69) is 32.1 Å². The third-order valence-corrected chi connectivity index (χ3v) is 4.77. The quantitative estimate of drug-likeness (QED) is 0.513. The Morgan fingerprint density at radius 2 is 1.75 bits per heavy atom. The smallest absolute Gasteiger partial charge is 0.341 e. The van der Waals surface area contributed by atoms with Crippen LogP contribution in [0.15, 0.2) is 12.4 Å². The molecule has 0 amide bonds. The van der Waals surface area contributed by atoms with E-state index in [-0.39, 0.29) is 5.97 Å². The van der Waals surface area contributed by atoms with Gasteiger partial charge in [0.1, 0.15) is 13.1 Å². The van der Waals surface area contributed by atoms with Gasteiger partial charge in [0.15, 0.2) is 0 Å². The third-order valence-electron chi connectivity index (χ3n) is 4.77. The fourth-order valence-corrected chi connectivity index (χ4v) is 3.08. The molecule has 2 aliphatic rings. The van der Waals surface area contributed by atoms with Crippen molar-refractivity contribution >= 4 is 25.0 Å². The summed E-state index contributed by atoms with van der Waals surface area (Å²) in [5, 5.41) is 3.22. The molecular formula is C22H39N5O5. The van der Waals surface area contributed by atoms with Crippen LogP contribution in [0.25, 0.3) is 0 Å². The fourth-order valence-electron chi connectivity index (χ4n) is 3.08. The van der Waals surface area contributed by atoms with Gasteiger partial charge in [0.2, 0.25) is 5.95 Å². The molecule has 10 heteroatoms. The van der Waals surface area contributed by atoms with Crippen LogP contribution in [-0.4, -0.2) is 101 Å². The average Bonchev–Trinajstić information content (AvgIpc) is 2.83. The molecule has 2 fully saturated rings. The standard InChI is InChI=1S/C14H22N4O2.C5H11NO.C2H4O.CH2O/c1-3-20-13(19)12-9-16-14(17-10-12)18-6-4-11(5-7-18)8-15-2;1-6-2-4-7-5-3-6;1-2-3;1-2/h9-11,15H,3-8H2,1-2H3;2-5H2,1H3;2H,1H3;1H2. The maximum absolute atomic E-state index is 11.5. The maximum atomic E-state index is 11.5. The zero-order valence-electron chi connectivity index (χ0n) is 19.9. The minimum absolute atomic E-state index is 0.361. The molecule has 3 rings (SSSR count). The molecule has 2 aliphatic heterocycles. The number of nitrogens with zero attached hydrogens (tertiary/aromatic N) is 4. The zero-order chi connectivity index (χ0) is 24.2. The summed E-state index contributed by atoms with van der Waals surface area (Å²) in [5.41, 5.74) is 0.403. The molecule has 10 nitrogen and oxygen atoms in total. The van der Waals surface area contributed by atoms with E-state index in [1.54, 1.807) is 19.3 Å². The van der Waals surface area contributed by atoms with Gasteiger partial charge in [0.25, 0.3) is 0 Å². The number of aldehydes is 1. The molecule has 0 atom stereocenters. The molecule has 0 aromatic carbocycles. The van der Waals surface area contributed by atoms with E-state index in [1.165, 1.54) is 6.92 Å². The highest BCUT2D eigenvalue weighted by Gasteiger charge is 2.20. The summed E-state index contributed by atoms with van der Waals surface area (Å²) in [7, 11) is 4.10. The first-order valence-electron chi connectivity index (χ1n) is 10.9. The Morgan fingerprint density at radius 3 is 2.16 bits per heavy atom. The first-order chi connectivity index (χ1) is 15.5. The number of hydrogen-bond acceptors (Lipinski definition) is 10. The van der Waals surface area contributed by atoms with Gasteiger partial charge in [-0.05, 0) is 53.2 Å². The number of rotatable bonds is 5. The van der Waals surface area contributed by atoms with E-state index in [4.69, 9.17) is 19.1 Å². The van der Waals surface area contributed by atoms with Crippen LogP contribution in [0.5, 0.6) is 0 Å². The normalized spacial score (nSPS) is 16.2. The fraction of sp³-hybridized carbons (Fsp3) is 0.682. The van der Waals surface area contributed by atoms with Gasteiger partial charge >= 0.3 is 5.97 Å². The highest BCUT2D eigenvalue weighted by Crippen LogP contribution is 2.19. The third kappa shape index (κ3) is 12.4. The lowest BCUT2D eigenvalue weighted by molar-refractivity contribution is -0.106.